The molecule has 2 heterocycles. The Labute approximate surface area is 182 Å². The molecule has 1 aliphatic heterocycles. The highest BCUT2D eigenvalue weighted by Crippen LogP contribution is 2.25. The second-order valence-corrected chi connectivity index (χ2v) is 8.42. The van der Waals surface area contributed by atoms with Crippen LogP contribution in [0.3, 0.4) is 0 Å². The molecular formula is C24H29N3O4. The fraction of sp³-hybridized carbons (Fsp3) is 0.458. The van der Waals surface area contributed by atoms with Gasteiger partial charge in [0.05, 0.1) is 6.26 Å². The lowest BCUT2D eigenvalue weighted by Gasteiger charge is -2.31. The SMILES string of the molecule is O=C(NC1CCN(C(=O)c2ccco2)CC1)c1cccc(NC(=O)C2CCCCC2)c1. The van der Waals surface area contributed by atoms with Gasteiger partial charge in [-0.25, -0.2) is 0 Å². The maximum Gasteiger partial charge on any atom is 0.289 e. The van der Waals surface area contributed by atoms with E-state index in [0.717, 1.165) is 25.7 Å². The molecule has 2 aliphatic rings. The van der Waals surface area contributed by atoms with E-state index in [1.54, 1.807) is 35.2 Å². The molecule has 7 heteroatoms. The van der Waals surface area contributed by atoms with E-state index in [9.17, 15) is 14.4 Å². The monoisotopic (exact) mass is 423 g/mol. The molecule has 1 saturated carbocycles. The maximum absolute atomic E-state index is 12.7. The molecule has 0 atom stereocenters. The van der Waals surface area contributed by atoms with Gasteiger partial charge in [0.1, 0.15) is 0 Å². The van der Waals surface area contributed by atoms with Crippen molar-refractivity contribution in [2.75, 3.05) is 18.4 Å². The molecule has 2 N–H and O–H groups in total. The van der Waals surface area contributed by atoms with E-state index in [1.807, 2.05) is 6.07 Å². The van der Waals surface area contributed by atoms with Gasteiger partial charge in [0.2, 0.25) is 5.91 Å². The van der Waals surface area contributed by atoms with Gasteiger partial charge in [-0.05, 0) is 56.0 Å². The van der Waals surface area contributed by atoms with Crippen LogP contribution >= 0.6 is 0 Å². The highest BCUT2D eigenvalue weighted by molar-refractivity contribution is 5.98. The number of benzene rings is 1. The molecule has 7 nitrogen and oxygen atoms in total. The number of amides is 3. The van der Waals surface area contributed by atoms with Gasteiger partial charge in [0.15, 0.2) is 5.76 Å². The van der Waals surface area contributed by atoms with Gasteiger partial charge < -0.3 is 20.0 Å². The quantitative estimate of drug-likeness (QED) is 0.765. The molecular weight excluding hydrogens is 394 g/mol. The van der Waals surface area contributed by atoms with E-state index in [0.29, 0.717) is 42.9 Å². The van der Waals surface area contributed by atoms with Gasteiger partial charge in [0, 0.05) is 36.3 Å². The molecule has 2 fully saturated rings. The topological polar surface area (TPSA) is 91.7 Å². The van der Waals surface area contributed by atoms with Crippen LogP contribution in [0.25, 0.3) is 0 Å². The van der Waals surface area contributed by atoms with Crippen molar-refractivity contribution in [3.63, 3.8) is 0 Å². The van der Waals surface area contributed by atoms with Crippen molar-refractivity contribution in [3.05, 3.63) is 54.0 Å². The number of nitrogens with zero attached hydrogens (tertiary/aromatic N) is 1. The van der Waals surface area contributed by atoms with Gasteiger partial charge in [-0.2, -0.15) is 0 Å². The summed E-state index contributed by atoms with van der Waals surface area (Å²) < 4.78 is 5.18. The third kappa shape index (κ3) is 5.34. The van der Waals surface area contributed by atoms with Crippen molar-refractivity contribution in [1.82, 2.24) is 10.2 Å². The van der Waals surface area contributed by atoms with Crippen LogP contribution in [0.15, 0.2) is 47.1 Å². The minimum atomic E-state index is -0.162. The number of hydrogen-bond donors (Lipinski definition) is 2. The summed E-state index contributed by atoms with van der Waals surface area (Å²) in [7, 11) is 0. The maximum atomic E-state index is 12.7. The predicted molar refractivity (Wildman–Crippen MR) is 117 cm³/mol. The first-order valence-electron chi connectivity index (χ1n) is 11.1. The molecule has 0 unspecified atom stereocenters. The number of anilines is 1. The summed E-state index contributed by atoms with van der Waals surface area (Å²) in [5, 5.41) is 6.03. The molecule has 0 bridgehead atoms. The van der Waals surface area contributed by atoms with Crippen LogP contribution in [-0.2, 0) is 4.79 Å². The molecule has 0 radical (unpaired) electrons. The summed E-state index contributed by atoms with van der Waals surface area (Å²) >= 11 is 0. The number of rotatable bonds is 5. The normalized spacial score (nSPS) is 17.9. The van der Waals surface area contributed by atoms with E-state index in [1.165, 1.54) is 12.7 Å². The zero-order chi connectivity index (χ0) is 21.6. The van der Waals surface area contributed by atoms with Gasteiger partial charge in [-0.3, -0.25) is 14.4 Å². The molecule has 2 aromatic rings. The van der Waals surface area contributed by atoms with Gasteiger partial charge in [-0.15, -0.1) is 0 Å². The average Bonchev–Trinajstić information content (AvgIpc) is 3.35. The van der Waals surface area contributed by atoms with Gasteiger partial charge in [-0.1, -0.05) is 25.3 Å². The molecule has 1 aliphatic carbocycles. The van der Waals surface area contributed by atoms with Crippen LogP contribution in [0, 0.1) is 5.92 Å². The van der Waals surface area contributed by atoms with Crippen molar-refractivity contribution in [2.45, 2.75) is 51.0 Å². The molecule has 4 rings (SSSR count). The standard InChI is InChI=1S/C24H29N3O4/c28-22(17-6-2-1-3-7-17)26-20-9-4-8-18(16-20)23(29)25-19-11-13-27(14-12-19)24(30)21-10-5-15-31-21/h4-5,8-10,15-17,19H,1-3,6-7,11-14H2,(H,25,29)(H,26,28). The van der Waals surface area contributed by atoms with E-state index in [-0.39, 0.29) is 29.7 Å². The molecule has 3 amide bonds. The minimum absolute atomic E-state index is 0.00800. The summed E-state index contributed by atoms with van der Waals surface area (Å²) in [6.45, 7) is 1.14. The first kappa shape index (κ1) is 21.2. The van der Waals surface area contributed by atoms with Crippen LogP contribution in [0.4, 0.5) is 5.69 Å². The second kappa shape index (κ2) is 9.81. The number of carbonyl (C=O) groups excluding carboxylic acids is 3. The van der Waals surface area contributed by atoms with Crippen molar-refractivity contribution in [3.8, 4) is 0 Å². The van der Waals surface area contributed by atoms with E-state index >= 15 is 0 Å². The number of nitrogens with one attached hydrogen (secondary N) is 2. The number of furan rings is 1. The third-order valence-electron chi connectivity index (χ3n) is 6.22. The molecule has 0 spiro atoms. The summed E-state index contributed by atoms with van der Waals surface area (Å²) in [6.07, 6.45) is 8.16. The third-order valence-corrected chi connectivity index (χ3v) is 6.22. The Bertz CT molecular complexity index is 911. The van der Waals surface area contributed by atoms with Gasteiger partial charge >= 0.3 is 0 Å². The Kier molecular flexibility index (Phi) is 6.70. The lowest BCUT2D eigenvalue weighted by Crippen LogP contribution is -2.46. The van der Waals surface area contributed by atoms with Crippen molar-refractivity contribution in [2.24, 2.45) is 5.92 Å². The summed E-state index contributed by atoms with van der Waals surface area (Å²) in [4.78, 5) is 39.3. The Hall–Kier alpha value is -3.09. The lowest BCUT2D eigenvalue weighted by molar-refractivity contribution is -0.120. The first-order valence-corrected chi connectivity index (χ1v) is 11.1. The number of hydrogen-bond acceptors (Lipinski definition) is 4. The summed E-state index contributed by atoms with van der Waals surface area (Å²) in [5.74, 6) is 0.182. The average molecular weight is 424 g/mol. The van der Waals surface area contributed by atoms with Crippen molar-refractivity contribution in [1.29, 1.82) is 0 Å². The fourth-order valence-corrected chi connectivity index (χ4v) is 4.40. The van der Waals surface area contributed by atoms with Crippen molar-refractivity contribution >= 4 is 23.4 Å². The molecule has 164 valence electrons. The number of likely N-dealkylation sites (tertiary alicyclic amines) is 1. The molecule has 1 saturated heterocycles. The second-order valence-electron chi connectivity index (χ2n) is 8.42. The smallest absolute Gasteiger partial charge is 0.289 e. The molecule has 31 heavy (non-hydrogen) atoms. The summed E-state index contributed by atoms with van der Waals surface area (Å²) in [5.41, 5.74) is 1.18. The highest BCUT2D eigenvalue weighted by atomic mass is 16.3. The molecule has 1 aromatic heterocycles. The zero-order valence-corrected chi connectivity index (χ0v) is 17.6. The van der Waals surface area contributed by atoms with Crippen LogP contribution in [0.2, 0.25) is 0 Å². The summed E-state index contributed by atoms with van der Waals surface area (Å²) in [6, 6.07) is 10.5. The lowest BCUT2D eigenvalue weighted by atomic mass is 9.88. The van der Waals surface area contributed by atoms with Crippen LogP contribution in [0.5, 0.6) is 0 Å². The number of piperidine rings is 1. The largest absolute Gasteiger partial charge is 0.459 e. The Balaban J connectivity index is 1.28. The zero-order valence-electron chi connectivity index (χ0n) is 17.6. The van der Waals surface area contributed by atoms with Gasteiger partial charge in [0.25, 0.3) is 11.8 Å². The Morgan fingerprint density at radius 2 is 1.71 bits per heavy atom. The minimum Gasteiger partial charge on any atom is -0.459 e. The number of carbonyl (C=O) groups is 3. The van der Waals surface area contributed by atoms with Crippen molar-refractivity contribution < 1.29 is 18.8 Å². The highest BCUT2D eigenvalue weighted by Gasteiger charge is 2.26. The Morgan fingerprint density at radius 1 is 0.935 bits per heavy atom. The molecule has 1 aromatic carbocycles. The predicted octanol–water partition coefficient (Wildman–Crippen LogP) is 3.83. The van der Waals surface area contributed by atoms with Crippen LogP contribution in [-0.4, -0.2) is 41.8 Å². The fourth-order valence-electron chi connectivity index (χ4n) is 4.40. The van der Waals surface area contributed by atoms with E-state index in [4.69, 9.17) is 4.42 Å². The van der Waals surface area contributed by atoms with Crippen LogP contribution in [0.1, 0.15) is 65.9 Å². The Morgan fingerprint density at radius 3 is 2.42 bits per heavy atom. The van der Waals surface area contributed by atoms with Crippen LogP contribution < -0.4 is 10.6 Å². The first-order chi connectivity index (χ1) is 15.1. The van der Waals surface area contributed by atoms with E-state index in [2.05, 4.69) is 10.6 Å². The van der Waals surface area contributed by atoms with E-state index < -0.39 is 0 Å².